The fraction of sp³-hybridized carbons (Fsp3) is 0.600. The third-order valence-electron chi connectivity index (χ3n) is 4.03. The number of halogens is 4. The molecule has 1 aliphatic rings. The van der Waals surface area contributed by atoms with Gasteiger partial charge in [-0.3, -0.25) is 4.90 Å². The Bertz CT molecular complexity index is 428. The summed E-state index contributed by atoms with van der Waals surface area (Å²) in [4.78, 5) is 2.48. The molecule has 1 aromatic carbocycles. The third kappa shape index (κ3) is 5.07. The van der Waals surface area contributed by atoms with Gasteiger partial charge in [0.25, 0.3) is 0 Å². The highest BCUT2D eigenvalue weighted by Crippen LogP contribution is 2.36. The predicted octanol–water partition coefficient (Wildman–Crippen LogP) is 4.42. The van der Waals surface area contributed by atoms with E-state index in [1.807, 2.05) is 12.1 Å². The molecule has 0 aliphatic carbocycles. The molecule has 2 rings (SSSR count). The van der Waals surface area contributed by atoms with E-state index in [4.69, 9.17) is 0 Å². The lowest BCUT2D eigenvalue weighted by atomic mass is 9.90. The molecule has 0 bridgehead atoms. The Balaban J connectivity index is 0.00000200. The molecule has 0 amide bonds. The number of piperazine rings is 1. The molecule has 0 radical (unpaired) electrons. The van der Waals surface area contributed by atoms with Crippen LogP contribution in [-0.2, 0) is 0 Å². The van der Waals surface area contributed by atoms with Gasteiger partial charge in [-0.15, -0.1) is 24.8 Å². The van der Waals surface area contributed by atoms with E-state index >= 15 is 0 Å². The van der Waals surface area contributed by atoms with Crippen LogP contribution >= 0.6 is 40.7 Å². The van der Waals surface area contributed by atoms with Crippen LogP contribution in [0.4, 0.5) is 4.39 Å². The van der Waals surface area contributed by atoms with Gasteiger partial charge in [0.15, 0.2) is 0 Å². The summed E-state index contributed by atoms with van der Waals surface area (Å²) in [6.07, 6.45) is 1.09. The number of hydrogen-bond acceptors (Lipinski definition) is 2. The molecule has 1 aliphatic heterocycles. The van der Waals surface area contributed by atoms with Crippen molar-refractivity contribution in [2.24, 2.45) is 5.92 Å². The highest BCUT2D eigenvalue weighted by molar-refractivity contribution is 9.10. The molecule has 1 heterocycles. The Morgan fingerprint density at radius 2 is 1.90 bits per heavy atom. The van der Waals surface area contributed by atoms with Crippen molar-refractivity contribution in [1.29, 1.82) is 0 Å². The first-order valence-electron chi connectivity index (χ1n) is 7.03. The number of hydrogen-bond donors (Lipinski definition) is 1. The fourth-order valence-corrected chi connectivity index (χ4v) is 3.29. The van der Waals surface area contributed by atoms with Gasteiger partial charge in [-0.05, 0) is 33.5 Å². The lowest BCUT2D eigenvalue weighted by Crippen LogP contribution is -2.46. The van der Waals surface area contributed by atoms with Crippen LogP contribution in [0.1, 0.15) is 31.9 Å². The van der Waals surface area contributed by atoms with E-state index in [-0.39, 0.29) is 36.7 Å². The van der Waals surface area contributed by atoms with E-state index in [1.165, 1.54) is 6.07 Å². The minimum absolute atomic E-state index is 0. The van der Waals surface area contributed by atoms with Crippen molar-refractivity contribution in [2.45, 2.75) is 26.3 Å². The molecule has 0 saturated carbocycles. The average molecular weight is 402 g/mol. The summed E-state index contributed by atoms with van der Waals surface area (Å²) in [6, 6.07) is 5.66. The first-order valence-corrected chi connectivity index (χ1v) is 7.83. The number of nitrogens with one attached hydrogen (secondary N) is 1. The van der Waals surface area contributed by atoms with E-state index in [1.54, 1.807) is 0 Å². The van der Waals surface area contributed by atoms with Gasteiger partial charge in [0.05, 0.1) is 4.47 Å². The van der Waals surface area contributed by atoms with Gasteiger partial charge >= 0.3 is 0 Å². The summed E-state index contributed by atoms with van der Waals surface area (Å²) < 4.78 is 14.4. The van der Waals surface area contributed by atoms with Crippen molar-refractivity contribution in [3.63, 3.8) is 0 Å². The van der Waals surface area contributed by atoms with Crippen LogP contribution in [0.5, 0.6) is 0 Å². The standard InChI is InChI=1S/C15H22BrFN2.2ClH/c1-3-11(2)15(19-9-7-18-8-10-19)12-5-4-6-13(17)14(12)16;;/h4-6,11,15,18H,3,7-10H2,1-2H3;2*1H/t11?,15-;;/m1../s1. The lowest BCUT2D eigenvalue weighted by Gasteiger charge is -2.39. The SMILES string of the molecule is CCC(C)[C@H](c1cccc(F)c1Br)N1CCNCC1.Cl.Cl. The summed E-state index contributed by atoms with van der Waals surface area (Å²) >= 11 is 3.43. The molecule has 0 aromatic heterocycles. The zero-order valence-corrected chi connectivity index (χ0v) is 15.7. The topological polar surface area (TPSA) is 15.3 Å². The quantitative estimate of drug-likeness (QED) is 0.802. The molecule has 2 atom stereocenters. The van der Waals surface area contributed by atoms with Gasteiger partial charge in [-0.25, -0.2) is 4.39 Å². The van der Waals surface area contributed by atoms with Gasteiger partial charge in [0.2, 0.25) is 0 Å². The van der Waals surface area contributed by atoms with Crippen molar-refractivity contribution >= 4 is 40.7 Å². The lowest BCUT2D eigenvalue weighted by molar-refractivity contribution is 0.128. The molecule has 0 spiro atoms. The summed E-state index contributed by atoms with van der Waals surface area (Å²) in [5.41, 5.74) is 1.08. The Hall–Kier alpha value is 0.130. The second kappa shape index (κ2) is 10.0. The Labute approximate surface area is 147 Å². The third-order valence-corrected chi connectivity index (χ3v) is 4.86. The summed E-state index contributed by atoms with van der Waals surface area (Å²) in [6.45, 7) is 8.53. The van der Waals surface area contributed by atoms with E-state index in [9.17, 15) is 4.39 Å². The van der Waals surface area contributed by atoms with Gasteiger partial charge in [-0.1, -0.05) is 32.4 Å². The second-order valence-electron chi connectivity index (χ2n) is 5.26. The highest BCUT2D eigenvalue weighted by atomic mass is 79.9. The molecule has 1 unspecified atom stereocenters. The number of rotatable bonds is 4. The van der Waals surface area contributed by atoms with Crippen molar-refractivity contribution < 1.29 is 4.39 Å². The number of nitrogens with zero attached hydrogens (tertiary/aromatic N) is 1. The van der Waals surface area contributed by atoms with Crippen LogP contribution in [-0.4, -0.2) is 31.1 Å². The summed E-state index contributed by atoms with van der Waals surface area (Å²) in [5.74, 6) is 0.345. The van der Waals surface area contributed by atoms with Crippen LogP contribution in [0, 0.1) is 11.7 Å². The van der Waals surface area contributed by atoms with Crippen LogP contribution in [0.2, 0.25) is 0 Å². The van der Waals surface area contributed by atoms with Gasteiger partial charge < -0.3 is 5.32 Å². The highest BCUT2D eigenvalue weighted by Gasteiger charge is 2.28. The predicted molar refractivity (Wildman–Crippen MR) is 95.2 cm³/mol. The van der Waals surface area contributed by atoms with Gasteiger partial charge in [-0.2, -0.15) is 0 Å². The van der Waals surface area contributed by atoms with Crippen molar-refractivity contribution in [2.75, 3.05) is 26.2 Å². The Morgan fingerprint density at radius 1 is 1.29 bits per heavy atom. The normalized spacial score (nSPS) is 18.3. The minimum Gasteiger partial charge on any atom is -0.314 e. The molecule has 1 aromatic rings. The van der Waals surface area contributed by atoms with E-state index in [2.05, 4.69) is 40.0 Å². The maximum absolute atomic E-state index is 13.8. The second-order valence-corrected chi connectivity index (χ2v) is 6.05. The van der Waals surface area contributed by atoms with E-state index in [0.29, 0.717) is 10.4 Å². The molecule has 1 fully saturated rings. The maximum atomic E-state index is 13.8. The smallest absolute Gasteiger partial charge is 0.137 e. The molecule has 6 heteroatoms. The van der Waals surface area contributed by atoms with Crippen molar-refractivity contribution in [3.05, 3.63) is 34.1 Å². The average Bonchev–Trinajstić information content (AvgIpc) is 2.44. The molecule has 1 N–H and O–H groups in total. The van der Waals surface area contributed by atoms with Gasteiger partial charge in [0.1, 0.15) is 5.82 Å². The maximum Gasteiger partial charge on any atom is 0.137 e. The van der Waals surface area contributed by atoms with Crippen LogP contribution in [0.3, 0.4) is 0 Å². The monoisotopic (exact) mass is 400 g/mol. The largest absolute Gasteiger partial charge is 0.314 e. The molecular formula is C15H24BrCl2FN2. The van der Waals surface area contributed by atoms with E-state index in [0.717, 1.165) is 38.2 Å². The minimum atomic E-state index is -0.166. The number of benzene rings is 1. The Morgan fingerprint density at radius 3 is 2.48 bits per heavy atom. The van der Waals surface area contributed by atoms with E-state index < -0.39 is 0 Å². The summed E-state index contributed by atoms with van der Waals surface area (Å²) in [5, 5.41) is 3.38. The van der Waals surface area contributed by atoms with Crippen LogP contribution in [0.15, 0.2) is 22.7 Å². The fourth-order valence-electron chi connectivity index (χ4n) is 2.80. The molecule has 122 valence electrons. The first-order chi connectivity index (χ1) is 9.15. The zero-order valence-electron chi connectivity index (χ0n) is 12.4. The van der Waals surface area contributed by atoms with Crippen LogP contribution in [0.25, 0.3) is 0 Å². The van der Waals surface area contributed by atoms with Gasteiger partial charge in [0, 0.05) is 32.2 Å². The first kappa shape index (κ1) is 21.1. The van der Waals surface area contributed by atoms with Crippen molar-refractivity contribution in [3.8, 4) is 0 Å². The van der Waals surface area contributed by atoms with Crippen LogP contribution < -0.4 is 5.32 Å². The summed E-state index contributed by atoms with van der Waals surface area (Å²) in [7, 11) is 0. The molecule has 21 heavy (non-hydrogen) atoms. The zero-order chi connectivity index (χ0) is 13.8. The van der Waals surface area contributed by atoms with Crippen molar-refractivity contribution in [1.82, 2.24) is 10.2 Å². The molecule has 1 saturated heterocycles. The molecular weight excluding hydrogens is 378 g/mol. The Kier molecular flexibility index (Phi) is 10.1. The molecule has 2 nitrogen and oxygen atoms in total.